The van der Waals surface area contributed by atoms with Crippen LogP contribution in [-0.2, 0) is 0 Å². The minimum absolute atomic E-state index is 0.0245. The molecule has 1 aromatic carbocycles. The summed E-state index contributed by atoms with van der Waals surface area (Å²) < 4.78 is 0. The molecule has 1 N–H and O–H groups in total. The zero-order chi connectivity index (χ0) is 12.0. The number of halogens is 1. The van der Waals surface area contributed by atoms with Crippen LogP contribution in [0.1, 0.15) is 37.0 Å². The zero-order valence-electron chi connectivity index (χ0n) is 9.79. The lowest BCUT2D eigenvalue weighted by Gasteiger charge is -2.13. The van der Waals surface area contributed by atoms with E-state index in [1.165, 1.54) is 0 Å². The third-order valence-corrected chi connectivity index (χ3v) is 3.06. The van der Waals surface area contributed by atoms with Gasteiger partial charge >= 0.3 is 0 Å². The fourth-order valence-electron chi connectivity index (χ4n) is 1.52. The van der Waals surface area contributed by atoms with Gasteiger partial charge in [-0.3, -0.25) is 4.79 Å². The molecule has 0 atom stereocenters. The van der Waals surface area contributed by atoms with Gasteiger partial charge in [-0.2, -0.15) is 0 Å². The van der Waals surface area contributed by atoms with Crippen LogP contribution in [0.3, 0.4) is 0 Å². The molecule has 3 heteroatoms. The van der Waals surface area contributed by atoms with Crippen LogP contribution in [0, 0.1) is 5.92 Å². The Hall–Kier alpha value is -1.02. The quantitative estimate of drug-likeness (QED) is 0.837. The first kappa shape index (κ1) is 13.0. The average molecular weight is 240 g/mol. The average Bonchev–Trinajstić information content (AvgIpc) is 2.31. The van der Waals surface area contributed by atoms with Gasteiger partial charge in [0.15, 0.2) is 0 Å². The van der Waals surface area contributed by atoms with Crippen LogP contribution in [-0.4, -0.2) is 12.5 Å². The summed E-state index contributed by atoms with van der Waals surface area (Å²) in [6.07, 6.45) is 2.19. The standard InChI is InChI=1S/C13H18ClNO/c1-3-10(4-2)9-15-13(16)11-5-7-12(14)8-6-11/h5-8,10H,3-4,9H2,1-2H3,(H,15,16). The summed E-state index contributed by atoms with van der Waals surface area (Å²) in [6, 6.07) is 6.94. The van der Waals surface area contributed by atoms with Crippen LogP contribution in [0.15, 0.2) is 24.3 Å². The van der Waals surface area contributed by atoms with Gasteiger partial charge in [0.2, 0.25) is 0 Å². The van der Waals surface area contributed by atoms with Crippen molar-refractivity contribution in [3.8, 4) is 0 Å². The molecule has 0 bridgehead atoms. The van der Waals surface area contributed by atoms with Crippen LogP contribution >= 0.6 is 11.6 Å². The molecule has 0 aromatic heterocycles. The number of amides is 1. The number of benzene rings is 1. The number of carbonyl (C=O) groups is 1. The van der Waals surface area contributed by atoms with Crippen LogP contribution < -0.4 is 5.32 Å². The molecule has 1 amide bonds. The molecule has 2 nitrogen and oxygen atoms in total. The largest absolute Gasteiger partial charge is 0.352 e. The van der Waals surface area contributed by atoms with Crippen molar-refractivity contribution in [1.29, 1.82) is 0 Å². The highest BCUT2D eigenvalue weighted by molar-refractivity contribution is 6.30. The lowest BCUT2D eigenvalue weighted by atomic mass is 10.0. The Kier molecular flexibility index (Phi) is 5.33. The van der Waals surface area contributed by atoms with Crippen LogP contribution in [0.5, 0.6) is 0 Å². The van der Waals surface area contributed by atoms with E-state index in [4.69, 9.17) is 11.6 Å². The highest BCUT2D eigenvalue weighted by Gasteiger charge is 2.08. The first-order valence-corrected chi connectivity index (χ1v) is 6.08. The van der Waals surface area contributed by atoms with E-state index in [9.17, 15) is 4.79 Å². The molecule has 0 unspecified atom stereocenters. The molecule has 0 radical (unpaired) electrons. The van der Waals surface area contributed by atoms with Gasteiger partial charge in [-0.1, -0.05) is 38.3 Å². The van der Waals surface area contributed by atoms with Gasteiger partial charge in [-0.05, 0) is 30.2 Å². The van der Waals surface area contributed by atoms with Crippen molar-refractivity contribution in [1.82, 2.24) is 5.32 Å². The molecule has 0 saturated heterocycles. The summed E-state index contributed by atoms with van der Waals surface area (Å²) in [4.78, 5) is 11.7. The van der Waals surface area contributed by atoms with Crippen LogP contribution in [0.25, 0.3) is 0 Å². The van der Waals surface area contributed by atoms with E-state index >= 15 is 0 Å². The minimum Gasteiger partial charge on any atom is -0.352 e. The molecule has 0 fully saturated rings. The Morgan fingerprint density at radius 3 is 2.31 bits per heavy atom. The molecule has 0 aliphatic carbocycles. The summed E-state index contributed by atoms with van der Waals surface area (Å²) in [5, 5.41) is 3.59. The second kappa shape index (κ2) is 6.54. The molecule has 0 saturated carbocycles. The summed E-state index contributed by atoms with van der Waals surface area (Å²) in [5.41, 5.74) is 0.662. The van der Waals surface area contributed by atoms with E-state index in [1.807, 2.05) is 0 Å². The lowest BCUT2D eigenvalue weighted by Crippen LogP contribution is -2.28. The molecule has 88 valence electrons. The second-order valence-corrected chi connectivity index (χ2v) is 4.34. The van der Waals surface area contributed by atoms with Gasteiger partial charge in [-0.15, -0.1) is 0 Å². The molecule has 0 heterocycles. The van der Waals surface area contributed by atoms with Gasteiger partial charge < -0.3 is 5.32 Å². The maximum Gasteiger partial charge on any atom is 0.251 e. The lowest BCUT2D eigenvalue weighted by molar-refractivity contribution is 0.0946. The van der Waals surface area contributed by atoms with Gasteiger partial charge in [0.25, 0.3) is 5.91 Å². The number of carbonyl (C=O) groups excluding carboxylic acids is 1. The molecular formula is C13H18ClNO. The first-order chi connectivity index (χ1) is 7.67. The Balaban J connectivity index is 2.49. The predicted octanol–water partition coefficient (Wildman–Crippen LogP) is 3.51. The Bertz CT molecular complexity index is 330. The van der Waals surface area contributed by atoms with Crippen molar-refractivity contribution in [3.05, 3.63) is 34.9 Å². The second-order valence-electron chi connectivity index (χ2n) is 3.90. The van der Waals surface area contributed by atoms with Crippen molar-refractivity contribution in [2.75, 3.05) is 6.54 Å². The monoisotopic (exact) mass is 239 g/mol. The highest BCUT2D eigenvalue weighted by atomic mass is 35.5. The van der Waals surface area contributed by atoms with E-state index < -0.39 is 0 Å². The topological polar surface area (TPSA) is 29.1 Å². The van der Waals surface area contributed by atoms with E-state index in [-0.39, 0.29) is 5.91 Å². The molecule has 0 aliphatic rings. The van der Waals surface area contributed by atoms with E-state index in [1.54, 1.807) is 24.3 Å². The predicted molar refractivity (Wildman–Crippen MR) is 67.9 cm³/mol. The summed E-state index contributed by atoms with van der Waals surface area (Å²) in [6.45, 7) is 5.03. The molecule has 1 rings (SSSR count). The van der Waals surface area contributed by atoms with Crippen molar-refractivity contribution < 1.29 is 4.79 Å². The Labute approximate surface area is 102 Å². The number of hydrogen-bond donors (Lipinski definition) is 1. The molecule has 1 aromatic rings. The minimum atomic E-state index is -0.0245. The third-order valence-electron chi connectivity index (χ3n) is 2.81. The van der Waals surface area contributed by atoms with Gasteiger partial charge in [-0.25, -0.2) is 0 Å². The van der Waals surface area contributed by atoms with Crippen molar-refractivity contribution in [2.45, 2.75) is 26.7 Å². The maximum atomic E-state index is 11.7. The van der Waals surface area contributed by atoms with Crippen molar-refractivity contribution in [2.24, 2.45) is 5.92 Å². The molecular weight excluding hydrogens is 222 g/mol. The summed E-state index contributed by atoms with van der Waals surface area (Å²) in [7, 11) is 0. The maximum absolute atomic E-state index is 11.7. The van der Waals surface area contributed by atoms with Crippen molar-refractivity contribution in [3.63, 3.8) is 0 Å². The summed E-state index contributed by atoms with van der Waals surface area (Å²) in [5.74, 6) is 0.541. The SMILES string of the molecule is CCC(CC)CNC(=O)c1ccc(Cl)cc1. The molecule has 0 spiro atoms. The Morgan fingerprint density at radius 1 is 1.25 bits per heavy atom. The molecule has 0 aliphatic heterocycles. The van der Waals surface area contributed by atoms with E-state index in [0.29, 0.717) is 16.5 Å². The van der Waals surface area contributed by atoms with Crippen molar-refractivity contribution >= 4 is 17.5 Å². The fourth-order valence-corrected chi connectivity index (χ4v) is 1.64. The van der Waals surface area contributed by atoms with E-state index in [2.05, 4.69) is 19.2 Å². The van der Waals surface area contributed by atoms with Crippen LogP contribution in [0.4, 0.5) is 0 Å². The van der Waals surface area contributed by atoms with Crippen LogP contribution in [0.2, 0.25) is 5.02 Å². The number of rotatable bonds is 5. The third kappa shape index (κ3) is 3.86. The van der Waals surface area contributed by atoms with E-state index in [0.717, 1.165) is 19.4 Å². The van der Waals surface area contributed by atoms with Gasteiger partial charge in [0.05, 0.1) is 0 Å². The van der Waals surface area contributed by atoms with Gasteiger partial charge in [0, 0.05) is 17.1 Å². The normalized spacial score (nSPS) is 10.5. The highest BCUT2D eigenvalue weighted by Crippen LogP contribution is 2.10. The number of hydrogen-bond acceptors (Lipinski definition) is 1. The zero-order valence-corrected chi connectivity index (χ0v) is 10.6. The fraction of sp³-hybridized carbons (Fsp3) is 0.462. The number of nitrogens with one attached hydrogen (secondary N) is 1. The first-order valence-electron chi connectivity index (χ1n) is 5.71. The van der Waals surface area contributed by atoms with Gasteiger partial charge in [0.1, 0.15) is 0 Å². The Morgan fingerprint density at radius 2 is 1.81 bits per heavy atom. The molecule has 16 heavy (non-hydrogen) atoms. The summed E-state index contributed by atoms with van der Waals surface area (Å²) >= 11 is 5.76. The smallest absolute Gasteiger partial charge is 0.251 e.